The number of benzene rings is 2. The predicted octanol–water partition coefficient (Wildman–Crippen LogP) is 5.73. The lowest BCUT2D eigenvalue weighted by atomic mass is 9.93. The number of hydrogen-bond acceptors (Lipinski definition) is 2. The van der Waals surface area contributed by atoms with E-state index in [4.69, 9.17) is 0 Å². The number of para-hydroxylation sites is 2. The molecule has 0 spiro atoms. The van der Waals surface area contributed by atoms with E-state index >= 15 is 0 Å². The Balaban J connectivity index is 1.62. The SMILES string of the molecule is CCN1C=CC(=CC=CC2C=CN(C)c3ccccc32)c2ccccc21. The Morgan fingerprint density at radius 2 is 1.73 bits per heavy atom. The zero-order valence-corrected chi connectivity index (χ0v) is 15.3. The molecule has 1 unspecified atom stereocenters. The van der Waals surface area contributed by atoms with Crippen LogP contribution in [0, 0.1) is 0 Å². The van der Waals surface area contributed by atoms with Crippen molar-refractivity contribution in [3.8, 4) is 0 Å². The van der Waals surface area contributed by atoms with E-state index in [-0.39, 0.29) is 0 Å². The van der Waals surface area contributed by atoms with Gasteiger partial charge in [0, 0.05) is 48.8 Å². The van der Waals surface area contributed by atoms with Crippen LogP contribution in [0.4, 0.5) is 11.4 Å². The number of hydrogen-bond donors (Lipinski definition) is 0. The Hall–Kier alpha value is -3.00. The number of nitrogens with zero attached hydrogens (tertiary/aromatic N) is 2. The van der Waals surface area contributed by atoms with Gasteiger partial charge in [0.25, 0.3) is 0 Å². The summed E-state index contributed by atoms with van der Waals surface area (Å²) in [4.78, 5) is 4.46. The summed E-state index contributed by atoms with van der Waals surface area (Å²) in [7, 11) is 2.10. The largest absolute Gasteiger partial charge is 0.351 e. The summed E-state index contributed by atoms with van der Waals surface area (Å²) >= 11 is 0. The lowest BCUT2D eigenvalue weighted by Gasteiger charge is -2.26. The summed E-state index contributed by atoms with van der Waals surface area (Å²) in [6.07, 6.45) is 15.5. The Bertz CT molecular complexity index is 917. The van der Waals surface area contributed by atoms with E-state index in [2.05, 4.69) is 115 Å². The second kappa shape index (κ2) is 7.09. The van der Waals surface area contributed by atoms with Crippen LogP contribution >= 0.6 is 0 Å². The molecule has 2 heterocycles. The van der Waals surface area contributed by atoms with Crippen molar-refractivity contribution in [3.05, 3.63) is 102 Å². The van der Waals surface area contributed by atoms with E-state index in [1.807, 2.05) is 0 Å². The zero-order chi connectivity index (χ0) is 17.9. The second-order valence-corrected chi connectivity index (χ2v) is 6.66. The molecule has 2 nitrogen and oxygen atoms in total. The van der Waals surface area contributed by atoms with Gasteiger partial charge in [0.2, 0.25) is 0 Å². The quantitative estimate of drug-likeness (QED) is 0.704. The molecule has 0 saturated carbocycles. The molecule has 4 rings (SSSR count). The highest BCUT2D eigenvalue weighted by molar-refractivity contribution is 5.86. The lowest BCUT2D eigenvalue weighted by molar-refractivity contribution is 0.999. The maximum absolute atomic E-state index is 2.28. The van der Waals surface area contributed by atoms with Gasteiger partial charge in [-0.2, -0.15) is 0 Å². The van der Waals surface area contributed by atoms with E-state index < -0.39 is 0 Å². The van der Waals surface area contributed by atoms with Crippen LogP contribution in [0.5, 0.6) is 0 Å². The Morgan fingerprint density at radius 1 is 0.962 bits per heavy atom. The summed E-state index contributed by atoms with van der Waals surface area (Å²) in [5.41, 5.74) is 6.46. The molecule has 26 heavy (non-hydrogen) atoms. The minimum absolute atomic E-state index is 0.314. The number of anilines is 2. The fourth-order valence-electron chi connectivity index (χ4n) is 3.67. The minimum Gasteiger partial charge on any atom is -0.351 e. The van der Waals surface area contributed by atoms with Gasteiger partial charge in [-0.25, -0.2) is 0 Å². The third-order valence-corrected chi connectivity index (χ3v) is 5.09. The first-order valence-corrected chi connectivity index (χ1v) is 9.20. The molecule has 0 fully saturated rings. The molecule has 0 aromatic heterocycles. The summed E-state index contributed by atoms with van der Waals surface area (Å²) in [6.45, 7) is 3.16. The summed E-state index contributed by atoms with van der Waals surface area (Å²) in [5.74, 6) is 0.314. The molecule has 0 radical (unpaired) electrons. The van der Waals surface area contributed by atoms with E-state index in [9.17, 15) is 0 Å². The number of allylic oxidation sites excluding steroid dienone is 6. The third kappa shape index (κ3) is 2.99. The van der Waals surface area contributed by atoms with Crippen LogP contribution < -0.4 is 9.80 Å². The first kappa shape index (κ1) is 16.5. The fourth-order valence-corrected chi connectivity index (χ4v) is 3.67. The molecular formula is C24H24N2. The molecule has 0 amide bonds. The lowest BCUT2D eigenvalue weighted by Crippen LogP contribution is -2.18. The van der Waals surface area contributed by atoms with Crippen molar-refractivity contribution in [1.29, 1.82) is 0 Å². The monoisotopic (exact) mass is 340 g/mol. The van der Waals surface area contributed by atoms with Crippen LogP contribution in [-0.2, 0) is 0 Å². The van der Waals surface area contributed by atoms with Gasteiger partial charge < -0.3 is 9.80 Å². The molecule has 2 aromatic rings. The van der Waals surface area contributed by atoms with Gasteiger partial charge >= 0.3 is 0 Å². The molecular weight excluding hydrogens is 316 g/mol. The molecule has 2 aromatic carbocycles. The molecule has 130 valence electrons. The highest BCUT2D eigenvalue weighted by atomic mass is 15.1. The third-order valence-electron chi connectivity index (χ3n) is 5.09. The topological polar surface area (TPSA) is 6.48 Å². The molecule has 2 aliphatic rings. The number of rotatable bonds is 3. The Kier molecular flexibility index (Phi) is 4.49. The normalized spacial score (nSPS) is 19.9. The van der Waals surface area contributed by atoms with Gasteiger partial charge in [-0.15, -0.1) is 0 Å². The highest BCUT2D eigenvalue weighted by Gasteiger charge is 2.16. The van der Waals surface area contributed by atoms with Crippen molar-refractivity contribution >= 4 is 16.9 Å². The zero-order valence-electron chi connectivity index (χ0n) is 15.3. The van der Waals surface area contributed by atoms with Crippen molar-refractivity contribution in [2.75, 3.05) is 23.4 Å². The van der Waals surface area contributed by atoms with Crippen molar-refractivity contribution in [1.82, 2.24) is 0 Å². The van der Waals surface area contributed by atoms with Crippen molar-refractivity contribution in [2.24, 2.45) is 0 Å². The second-order valence-electron chi connectivity index (χ2n) is 6.66. The number of fused-ring (bicyclic) bond motifs is 2. The molecule has 0 bridgehead atoms. The standard InChI is InChI=1S/C24H24N2/c1-3-26-18-16-20(22-12-5-7-14-24(22)26)10-8-9-19-15-17-25(2)23-13-6-4-11-21(19)23/h4-19H,3H2,1-2H3. The van der Waals surface area contributed by atoms with Crippen LogP contribution in [0.2, 0.25) is 0 Å². The Morgan fingerprint density at radius 3 is 2.58 bits per heavy atom. The fraction of sp³-hybridized carbons (Fsp3) is 0.167. The van der Waals surface area contributed by atoms with Gasteiger partial charge in [0.05, 0.1) is 0 Å². The van der Waals surface area contributed by atoms with E-state index in [1.54, 1.807) is 0 Å². The van der Waals surface area contributed by atoms with Gasteiger partial charge in [-0.1, -0.05) is 60.7 Å². The predicted molar refractivity (Wildman–Crippen MR) is 112 cm³/mol. The summed E-state index contributed by atoms with van der Waals surface area (Å²) in [6, 6.07) is 17.2. The Labute approximate surface area is 156 Å². The van der Waals surface area contributed by atoms with E-state index in [0.717, 1.165) is 6.54 Å². The molecule has 2 heteroatoms. The van der Waals surface area contributed by atoms with Crippen LogP contribution in [0.15, 0.2) is 91.3 Å². The van der Waals surface area contributed by atoms with E-state index in [0.29, 0.717) is 5.92 Å². The van der Waals surface area contributed by atoms with Gasteiger partial charge in [0.15, 0.2) is 0 Å². The van der Waals surface area contributed by atoms with Crippen molar-refractivity contribution in [3.63, 3.8) is 0 Å². The first-order chi connectivity index (χ1) is 12.8. The van der Waals surface area contributed by atoms with Gasteiger partial charge in [-0.05, 0) is 36.3 Å². The first-order valence-electron chi connectivity index (χ1n) is 9.20. The maximum Gasteiger partial charge on any atom is 0.0485 e. The van der Waals surface area contributed by atoms with E-state index in [1.165, 1.54) is 28.1 Å². The molecule has 0 saturated heterocycles. The molecule has 0 aliphatic carbocycles. The molecule has 2 aliphatic heterocycles. The van der Waals surface area contributed by atoms with Gasteiger partial charge in [0.1, 0.15) is 0 Å². The highest BCUT2D eigenvalue weighted by Crippen LogP contribution is 2.34. The average molecular weight is 340 g/mol. The van der Waals surface area contributed by atoms with Crippen LogP contribution in [0.1, 0.15) is 24.0 Å². The minimum atomic E-state index is 0.314. The van der Waals surface area contributed by atoms with Gasteiger partial charge in [-0.3, -0.25) is 0 Å². The van der Waals surface area contributed by atoms with Crippen LogP contribution in [0.3, 0.4) is 0 Å². The maximum atomic E-state index is 2.28. The summed E-state index contributed by atoms with van der Waals surface area (Å²) < 4.78 is 0. The smallest absolute Gasteiger partial charge is 0.0485 e. The average Bonchev–Trinajstić information content (AvgIpc) is 2.70. The summed E-state index contributed by atoms with van der Waals surface area (Å²) in [5, 5.41) is 0. The van der Waals surface area contributed by atoms with Crippen LogP contribution in [-0.4, -0.2) is 13.6 Å². The van der Waals surface area contributed by atoms with Crippen LogP contribution in [0.25, 0.3) is 5.57 Å². The molecule has 0 N–H and O–H groups in total. The van der Waals surface area contributed by atoms with Crippen molar-refractivity contribution < 1.29 is 0 Å². The van der Waals surface area contributed by atoms with Crippen molar-refractivity contribution in [2.45, 2.75) is 12.8 Å². The molecule has 1 atom stereocenters.